The standard InChI is InChI=1S/C21H27NO6/c1-13-7-19(15(3)22(13)14(2)11-25-4)20(23)12-28-21(24)16-8-17(26-5)10-18(9-16)27-6/h7-10,14H,11-12H2,1-6H3/t14-/m1/s1. The van der Waals surface area contributed by atoms with E-state index in [1.807, 2.05) is 31.4 Å². The van der Waals surface area contributed by atoms with Crippen molar-refractivity contribution >= 4 is 11.8 Å². The number of hydrogen-bond donors (Lipinski definition) is 0. The number of esters is 1. The summed E-state index contributed by atoms with van der Waals surface area (Å²) in [7, 11) is 4.63. The predicted molar refractivity (Wildman–Crippen MR) is 105 cm³/mol. The van der Waals surface area contributed by atoms with E-state index in [0.29, 0.717) is 23.7 Å². The second-order valence-corrected chi connectivity index (χ2v) is 6.56. The quantitative estimate of drug-likeness (QED) is 0.483. The second-order valence-electron chi connectivity index (χ2n) is 6.56. The molecule has 0 unspecified atom stereocenters. The van der Waals surface area contributed by atoms with Crippen molar-refractivity contribution in [3.8, 4) is 11.5 Å². The first kappa shape index (κ1) is 21.5. The molecule has 0 aliphatic carbocycles. The van der Waals surface area contributed by atoms with Crippen molar-refractivity contribution in [3.63, 3.8) is 0 Å². The van der Waals surface area contributed by atoms with Crippen LogP contribution in [0.2, 0.25) is 0 Å². The smallest absolute Gasteiger partial charge is 0.338 e. The first-order chi connectivity index (χ1) is 13.3. The summed E-state index contributed by atoms with van der Waals surface area (Å²) in [6, 6.07) is 6.63. The molecule has 0 N–H and O–H groups in total. The molecule has 0 saturated heterocycles. The summed E-state index contributed by atoms with van der Waals surface area (Å²) in [4.78, 5) is 25.0. The van der Waals surface area contributed by atoms with E-state index in [-0.39, 0.29) is 24.0 Å². The number of nitrogens with zero attached hydrogens (tertiary/aromatic N) is 1. The average Bonchev–Trinajstić information content (AvgIpc) is 2.99. The molecule has 1 atom stereocenters. The van der Waals surface area contributed by atoms with E-state index in [1.165, 1.54) is 26.4 Å². The Morgan fingerprint density at radius 2 is 1.61 bits per heavy atom. The molecule has 0 amide bonds. The van der Waals surface area contributed by atoms with Crippen molar-refractivity contribution in [2.24, 2.45) is 0 Å². The van der Waals surface area contributed by atoms with Crippen LogP contribution in [0.15, 0.2) is 24.3 Å². The Morgan fingerprint density at radius 1 is 1.00 bits per heavy atom. The maximum absolute atomic E-state index is 12.6. The zero-order valence-corrected chi connectivity index (χ0v) is 17.2. The number of hydrogen-bond acceptors (Lipinski definition) is 6. The minimum absolute atomic E-state index is 0.0957. The number of aryl methyl sites for hydroxylation is 1. The summed E-state index contributed by atoms with van der Waals surface area (Å²) in [5, 5.41) is 0. The highest BCUT2D eigenvalue weighted by atomic mass is 16.5. The van der Waals surface area contributed by atoms with Gasteiger partial charge in [-0.1, -0.05) is 0 Å². The molecule has 7 heteroatoms. The monoisotopic (exact) mass is 389 g/mol. The zero-order valence-electron chi connectivity index (χ0n) is 17.2. The lowest BCUT2D eigenvalue weighted by Gasteiger charge is -2.17. The molecule has 0 aliphatic heterocycles. The van der Waals surface area contributed by atoms with E-state index in [9.17, 15) is 9.59 Å². The number of methoxy groups -OCH3 is 3. The lowest BCUT2D eigenvalue weighted by molar-refractivity contribution is 0.0474. The SMILES string of the molecule is COC[C@@H](C)n1c(C)cc(C(=O)COC(=O)c2cc(OC)cc(OC)c2)c1C. The molecule has 0 bridgehead atoms. The van der Waals surface area contributed by atoms with Crippen LogP contribution in [-0.2, 0) is 9.47 Å². The Labute approximate surface area is 165 Å². The Morgan fingerprint density at radius 3 is 2.14 bits per heavy atom. The maximum Gasteiger partial charge on any atom is 0.338 e. The van der Waals surface area contributed by atoms with Gasteiger partial charge in [-0.05, 0) is 39.0 Å². The molecular weight excluding hydrogens is 362 g/mol. The predicted octanol–water partition coefficient (Wildman–Crippen LogP) is 3.37. The van der Waals surface area contributed by atoms with E-state index in [1.54, 1.807) is 13.2 Å². The number of ketones is 1. The summed E-state index contributed by atoms with van der Waals surface area (Å²) in [6.07, 6.45) is 0. The van der Waals surface area contributed by atoms with Gasteiger partial charge >= 0.3 is 5.97 Å². The van der Waals surface area contributed by atoms with Crippen molar-refractivity contribution in [2.75, 3.05) is 34.5 Å². The van der Waals surface area contributed by atoms with Crippen LogP contribution in [0.4, 0.5) is 0 Å². The molecule has 1 aromatic heterocycles. The molecule has 1 aromatic carbocycles. The van der Waals surface area contributed by atoms with Gasteiger partial charge in [-0.2, -0.15) is 0 Å². The molecular formula is C21H27NO6. The minimum Gasteiger partial charge on any atom is -0.497 e. The summed E-state index contributed by atoms with van der Waals surface area (Å²) in [5.41, 5.74) is 2.57. The Balaban J connectivity index is 2.12. The normalized spacial score (nSPS) is 11.8. The maximum atomic E-state index is 12.6. The van der Waals surface area contributed by atoms with E-state index >= 15 is 0 Å². The molecule has 152 valence electrons. The highest BCUT2D eigenvalue weighted by Gasteiger charge is 2.20. The molecule has 0 spiro atoms. The van der Waals surface area contributed by atoms with Gasteiger partial charge in [-0.15, -0.1) is 0 Å². The van der Waals surface area contributed by atoms with Crippen LogP contribution in [0.5, 0.6) is 11.5 Å². The first-order valence-corrected chi connectivity index (χ1v) is 8.93. The van der Waals surface area contributed by atoms with Crippen LogP contribution in [0.25, 0.3) is 0 Å². The third-order valence-electron chi connectivity index (χ3n) is 4.55. The largest absolute Gasteiger partial charge is 0.497 e. The van der Waals surface area contributed by atoms with Crippen molar-refractivity contribution < 1.29 is 28.5 Å². The molecule has 28 heavy (non-hydrogen) atoms. The fourth-order valence-corrected chi connectivity index (χ4v) is 3.27. The van der Waals surface area contributed by atoms with Gasteiger partial charge in [-0.25, -0.2) is 4.79 Å². The Hall–Kier alpha value is -2.80. The third-order valence-corrected chi connectivity index (χ3v) is 4.55. The molecule has 2 rings (SSSR count). The molecule has 1 heterocycles. The highest BCUT2D eigenvalue weighted by molar-refractivity contribution is 6.00. The van der Waals surface area contributed by atoms with Crippen LogP contribution in [0.3, 0.4) is 0 Å². The number of carbonyl (C=O) groups is 2. The number of ether oxygens (including phenoxy) is 4. The zero-order chi connectivity index (χ0) is 20.8. The topological polar surface area (TPSA) is 76.0 Å². The van der Waals surface area contributed by atoms with Gasteiger partial charge in [-0.3, -0.25) is 4.79 Å². The fraction of sp³-hybridized carbons (Fsp3) is 0.429. The lowest BCUT2D eigenvalue weighted by atomic mass is 10.1. The molecule has 7 nitrogen and oxygen atoms in total. The van der Waals surface area contributed by atoms with Gasteiger partial charge < -0.3 is 23.5 Å². The lowest BCUT2D eigenvalue weighted by Crippen LogP contribution is -2.17. The number of aromatic nitrogens is 1. The highest BCUT2D eigenvalue weighted by Crippen LogP contribution is 2.24. The van der Waals surface area contributed by atoms with Gasteiger partial charge in [0.15, 0.2) is 6.61 Å². The van der Waals surface area contributed by atoms with Crippen LogP contribution < -0.4 is 9.47 Å². The van der Waals surface area contributed by atoms with Crippen LogP contribution in [0.1, 0.15) is 45.1 Å². The van der Waals surface area contributed by atoms with Crippen LogP contribution in [-0.4, -0.2) is 50.9 Å². The van der Waals surface area contributed by atoms with E-state index in [0.717, 1.165) is 11.4 Å². The summed E-state index contributed by atoms with van der Waals surface area (Å²) < 4.78 is 22.8. The Kier molecular flexibility index (Phi) is 7.23. The molecule has 0 radical (unpaired) electrons. The molecule has 0 aliphatic rings. The summed E-state index contributed by atoms with van der Waals surface area (Å²) in [6.45, 7) is 6.03. The number of rotatable bonds is 9. The second kappa shape index (κ2) is 9.41. The van der Waals surface area contributed by atoms with Gasteiger partial charge in [0, 0.05) is 30.1 Å². The van der Waals surface area contributed by atoms with Crippen molar-refractivity contribution in [1.29, 1.82) is 0 Å². The molecule has 0 saturated carbocycles. The fourth-order valence-electron chi connectivity index (χ4n) is 3.27. The number of carbonyl (C=O) groups excluding carboxylic acids is 2. The van der Waals surface area contributed by atoms with Gasteiger partial charge in [0.25, 0.3) is 0 Å². The number of benzene rings is 1. The molecule has 2 aromatic rings. The average molecular weight is 389 g/mol. The minimum atomic E-state index is -0.618. The van der Waals surface area contributed by atoms with Crippen LogP contribution >= 0.6 is 0 Å². The van der Waals surface area contributed by atoms with E-state index in [2.05, 4.69) is 0 Å². The van der Waals surface area contributed by atoms with Crippen molar-refractivity contribution in [2.45, 2.75) is 26.8 Å². The van der Waals surface area contributed by atoms with Crippen molar-refractivity contribution in [1.82, 2.24) is 4.57 Å². The van der Waals surface area contributed by atoms with Gasteiger partial charge in [0.2, 0.25) is 5.78 Å². The van der Waals surface area contributed by atoms with Crippen molar-refractivity contribution in [3.05, 3.63) is 46.8 Å². The van der Waals surface area contributed by atoms with E-state index < -0.39 is 5.97 Å². The molecule has 0 fully saturated rings. The first-order valence-electron chi connectivity index (χ1n) is 8.93. The van der Waals surface area contributed by atoms with E-state index in [4.69, 9.17) is 18.9 Å². The summed E-state index contributed by atoms with van der Waals surface area (Å²) >= 11 is 0. The van der Waals surface area contributed by atoms with Gasteiger partial charge in [0.1, 0.15) is 11.5 Å². The van der Waals surface area contributed by atoms with Crippen LogP contribution in [0, 0.1) is 13.8 Å². The Bertz CT molecular complexity index is 833. The van der Waals surface area contributed by atoms with Gasteiger partial charge in [0.05, 0.1) is 32.4 Å². The third kappa shape index (κ3) is 4.72. The summed E-state index contributed by atoms with van der Waals surface area (Å²) in [5.74, 6) is 0.0564. The number of Topliss-reactive ketones (excluding diaryl/α,β-unsaturated/α-hetero) is 1.